The number of thiazole rings is 1. The molecule has 0 radical (unpaired) electrons. The second-order valence-corrected chi connectivity index (χ2v) is 8.44. The Morgan fingerprint density at radius 3 is 2.65 bits per heavy atom. The Morgan fingerprint density at radius 2 is 2.00 bits per heavy atom. The smallest absolute Gasteiger partial charge is 0.338 e. The van der Waals surface area contributed by atoms with E-state index in [1.807, 2.05) is 12.1 Å². The molecule has 2 heterocycles. The first-order valence-corrected chi connectivity index (χ1v) is 11.2. The highest BCUT2D eigenvalue weighted by atomic mass is 32.1. The first kappa shape index (κ1) is 23.1. The van der Waals surface area contributed by atoms with E-state index < -0.39 is 16.9 Å². The summed E-state index contributed by atoms with van der Waals surface area (Å²) in [6.07, 6.45) is 1.73. The third kappa shape index (κ3) is 4.27. The number of hydrogen-bond donors (Lipinski definition) is 0. The van der Waals surface area contributed by atoms with E-state index in [4.69, 9.17) is 9.47 Å². The predicted octanol–water partition coefficient (Wildman–Crippen LogP) is 2.72. The molecule has 10 heteroatoms. The number of allylic oxidation sites excluding steroid dienone is 1. The molecule has 3 aromatic rings. The minimum Gasteiger partial charge on any atom is -0.497 e. The zero-order valence-corrected chi connectivity index (χ0v) is 19.5. The fourth-order valence-electron chi connectivity index (χ4n) is 3.77. The van der Waals surface area contributed by atoms with Crippen LogP contribution in [-0.2, 0) is 9.53 Å². The van der Waals surface area contributed by atoms with Crippen LogP contribution in [0.15, 0.2) is 69.6 Å². The van der Waals surface area contributed by atoms with Crippen LogP contribution in [0, 0.1) is 10.1 Å². The van der Waals surface area contributed by atoms with Crippen molar-refractivity contribution in [3.8, 4) is 5.75 Å². The van der Waals surface area contributed by atoms with E-state index in [1.54, 1.807) is 45.2 Å². The minimum atomic E-state index is -0.909. The Morgan fingerprint density at radius 1 is 1.26 bits per heavy atom. The second kappa shape index (κ2) is 9.44. The molecule has 2 aromatic carbocycles. The fourth-order valence-corrected chi connectivity index (χ4v) is 4.81. The predicted molar refractivity (Wildman–Crippen MR) is 126 cm³/mol. The van der Waals surface area contributed by atoms with Gasteiger partial charge in [0.2, 0.25) is 0 Å². The molecule has 0 fully saturated rings. The van der Waals surface area contributed by atoms with Crippen LogP contribution in [0.25, 0.3) is 6.08 Å². The van der Waals surface area contributed by atoms with Gasteiger partial charge in [0.15, 0.2) is 4.80 Å². The van der Waals surface area contributed by atoms with Crippen molar-refractivity contribution in [1.29, 1.82) is 0 Å². The number of rotatable bonds is 6. The van der Waals surface area contributed by atoms with Crippen LogP contribution in [0.5, 0.6) is 5.75 Å². The average Bonchev–Trinajstić information content (AvgIpc) is 3.13. The number of hydrogen-bond acceptors (Lipinski definition) is 8. The molecular weight excluding hydrogens is 458 g/mol. The van der Waals surface area contributed by atoms with Crippen molar-refractivity contribution in [2.24, 2.45) is 4.99 Å². The van der Waals surface area contributed by atoms with Gasteiger partial charge in [0.05, 0.1) is 40.5 Å². The Kier molecular flexibility index (Phi) is 6.42. The second-order valence-electron chi connectivity index (χ2n) is 7.43. The van der Waals surface area contributed by atoms with Gasteiger partial charge in [-0.15, -0.1) is 0 Å². The highest BCUT2D eigenvalue weighted by molar-refractivity contribution is 7.07. The first-order valence-electron chi connectivity index (χ1n) is 10.4. The topological polar surface area (TPSA) is 113 Å². The van der Waals surface area contributed by atoms with Crippen molar-refractivity contribution in [1.82, 2.24) is 4.57 Å². The number of non-ortho nitro benzene ring substituents is 1. The molecule has 174 valence electrons. The fraction of sp³-hybridized carbons (Fsp3) is 0.208. The number of carbonyl (C=O) groups is 1. The number of nitro benzene ring substituents is 1. The van der Waals surface area contributed by atoms with Crippen molar-refractivity contribution in [2.45, 2.75) is 19.9 Å². The van der Waals surface area contributed by atoms with Gasteiger partial charge in [0.1, 0.15) is 5.75 Å². The van der Waals surface area contributed by atoms with Gasteiger partial charge in [-0.05, 0) is 43.2 Å². The molecule has 0 aliphatic carbocycles. The molecule has 1 aliphatic rings. The molecule has 0 saturated heterocycles. The average molecular weight is 480 g/mol. The summed E-state index contributed by atoms with van der Waals surface area (Å²) in [5.41, 5.74) is 1.28. The number of esters is 1. The molecule has 0 amide bonds. The summed E-state index contributed by atoms with van der Waals surface area (Å²) >= 11 is 1.18. The molecule has 1 atom stereocenters. The summed E-state index contributed by atoms with van der Waals surface area (Å²) in [4.78, 5) is 42.2. The summed E-state index contributed by atoms with van der Waals surface area (Å²) < 4.78 is 12.2. The zero-order valence-electron chi connectivity index (χ0n) is 18.7. The van der Waals surface area contributed by atoms with E-state index >= 15 is 0 Å². The zero-order chi connectivity index (χ0) is 24.4. The number of nitrogens with zero attached hydrogens (tertiary/aromatic N) is 3. The van der Waals surface area contributed by atoms with Gasteiger partial charge in [0.25, 0.3) is 11.2 Å². The standard InChI is InChI=1S/C24H21N3O6S/c1-4-33-23(29)20-14(2)25-24-26(21(20)16-6-5-7-17(13-16)27(30)31)22(28)19(34-24)12-15-8-10-18(32-3)11-9-15/h5-13,21H,4H2,1-3H3. The van der Waals surface area contributed by atoms with E-state index in [2.05, 4.69) is 4.99 Å². The van der Waals surface area contributed by atoms with Crippen LogP contribution in [0.2, 0.25) is 0 Å². The lowest BCUT2D eigenvalue weighted by molar-refractivity contribution is -0.384. The molecule has 9 nitrogen and oxygen atoms in total. The maximum Gasteiger partial charge on any atom is 0.338 e. The van der Waals surface area contributed by atoms with E-state index in [9.17, 15) is 19.7 Å². The molecule has 1 aromatic heterocycles. The third-order valence-corrected chi connectivity index (χ3v) is 6.31. The Hall–Kier alpha value is -4.05. The van der Waals surface area contributed by atoms with Crippen LogP contribution in [-0.4, -0.2) is 29.2 Å². The van der Waals surface area contributed by atoms with Crippen molar-refractivity contribution in [3.05, 3.63) is 101 Å². The third-order valence-electron chi connectivity index (χ3n) is 5.33. The van der Waals surface area contributed by atoms with Crippen molar-refractivity contribution >= 4 is 29.1 Å². The van der Waals surface area contributed by atoms with Crippen molar-refractivity contribution < 1.29 is 19.2 Å². The summed E-state index contributed by atoms with van der Waals surface area (Å²) in [6, 6.07) is 12.2. The number of carbonyl (C=O) groups excluding carboxylic acids is 1. The molecule has 1 aliphatic heterocycles. The number of ether oxygens (including phenoxy) is 2. The van der Waals surface area contributed by atoms with Crippen LogP contribution in [0.1, 0.15) is 31.0 Å². The quantitative estimate of drug-likeness (QED) is 0.305. The number of fused-ring (bicyclic) bond motifs is 1. The SMILES string of the molecule is CCOC(=O)C1=C(C)N=c2sc(=Cc3ccc(OC)cc3)c(=O)n2C1c1cccc([N+](=O)[O-])c1. The maximum absolute atomic E-state index is 13.5. The Labute approximate surface area is 198 Å². The largest absolute Gasteiger partial charge is 0.497 e. The monoisotopic (exact) mass is 479 g/mol. The molecule has 0 spiro atoms. The summed E-state index contributed by atoms with van der Waals surface area (Å²) in [7, 11) is 1.57. The van der Waals surface area contributed by atoms with Gasteiger partial charge in [-0.2, -0.15) is 0 Å². The highest BCUT2D eigenvalue weighted by Crippen LogP contribution is 2.32. The number of methoxy groups -OCH3 is 1. The van der Waals surface area contributed by atoms with Crippen LogP contribution in [0.3, 0.4) is 0 Å². The normalized spacial score (nSPS) is 15.5. The molecule has 1 unspecified atom stereocenters. The lowest BCUT2D eigenvalue weighted by Crippen LogP contribution is -2.39. The highest BCUT2D eigenvalue weighted by Gasteiger charge is 2.34. The van der Waals surface area contributed by atoms with Crippen LogP contribution < -0.4 is 19.6 Å². The van der Waals surface area contributed by atoms with Crippen LogP contribution >= 0.6 is 11.3 Å². The molecule has 4 rings (SSSR count). The number of aromatic nitrogens is 1. The van der Waals surface area contributed by atoms with E-state index in [-0.39, 0.29) is 23.4 Å². The van der Waals surface area contributed by atoms with Gasteiger partial charge in [-0.1, -0.05) is 35.6 Å². The lowest BCUT2D eigenvalue weighted by Gasteiger charge is -2.24. The summed E-state index contributed by atoms with van der Waals surface area (Å²) in [5, 5.41) is 11.4. The maximum atomic E-state index is 13.5. The number of nitro groups is 1. The summed E-state index contributed by atoms with van der Waals surface area (Å²) in [5.74, 6) is 0.0728. The van der Waals surface area contributed by atoms with Gasteiger partial charge in [-0.25, -0.2) is 9.79 Å². The minimum absolute atomic E-state index is 0.138. The van der Waals surface area contributed by atoms with Gasteiger partial charge in [-0.3, -0.25) is 19.5 Å². The molecule has 0 saturated carbocycles. The van der Waals surface area contributed by atoms with E-state index in [0.717, 1.165) is 5.56 Å². The van der Waals surface area contributed by atoms with Gasteiger partial charge >= 0.3 is 5.97 Å². The van der Waals surface area contributed by atoms with E-state index in [0.29, 0.717) is 26.3 Å². The molecule has 34 heavy (non-hydrogen) atoms. The van der Waals surface area contributed by atoms with Crippen molar-refractivity contribution in [2.75, 3.05) is 13.7 Å². The van der Waals surface area contributed by atoms with Gasteiger partial charge in [0, 0.05) is 12.1 Å². The summed E-state index contributed by atoms with van der Waals surface area (Å²) in [6.45, 7) is 3.48. The molecule has 0 N–H and O–H groups in total. The lowest BCUT2D eigenvalue weighted by atomic mass is 9.95. The first-order chi connectivity index (χ1) is 16.3. The Balaban J connectivity index is 1.94. The Bertz CT molecular complexity index is 1480. The molecule has 0 bridgehead atoms. The number of benzene rings is 2. The van der Waals surface area contributed by atoms with Crippen LogP contribution in [0.4, 0.5) is 5.69 Å². The molecular formula is C24H21N3O6S. The van der Waals surface area contributed by atoms with Gasteiger partial charge < -0.3 is 9.47 Å². The van der Waals surface area contributed by atoms with E-state index in [1.165, 1.54) is 34.1 Å². The van der Waals surface area contributed by atoms with Crippen molar-refractivity contribution in [3.63, 3.8) is 0 Å².